The first kappa shape index (κ1) is 17.0. The van der Waals surface area contributed by atoms with Gasteiger partial charge < -0.3 is 5.32 Å². The van der Waals surface area contributed by atoms with Gasteiger partial charge in [0.2, 0.25) is 11.9 Å². The second-order valence-electron chi connectivity index (χ2n) is 6.06. The quantitative estimate of drug-likeness (QED) is 0.858. The molecule has 3 rings (SSSR count). The van der Waals surface area contributed by atoms with Crippen LogP contribution in [0.1, 0.15) is 23.7 Å². The Labute approximate surface area is 146 Å². The van der Waals surface area contributed by atoms with Crippen molar-refractivity contribution in [1.29, 1.82) is 0 Å². The number of rotatable bonds is 5. The Balaban J connectivity index is 1.51. The molecule has 1 aliphatic rings. The number of benzene rings is 1. The summed E-state index contributed by atoms with van der Waals surface area (Å²) in [6.45, 7) is 3.24. The van der Waals surface area contributed by atoms with E-state index in [2.05, 4.69) is 20.6 Å². The number of aromatic nitrogens is 2. The summed E-state index contributed by atoms with van der Waals surface area (Å²) in [6, 6.07) is 10.6. The van der Waals surface area contributed by atoms with Crippen LogP contribution >= 0.6 is 0 Å². The molecule has 130 valence electrons. The molecule has 1 fully saturated rings. The summed E-state index contributed by atoms with van der Waals surface area (Å²) in [6.07, 6.45) is 3.98. The Morgan fingerprint density at radius 3 is 2.60 bits per heavy atom. The minimum absolute atomic E-state index is 0.0379. The first-order valence-corrected chi connectivity index (χ1v) is 8.31. The molecule has 0 bridgehead atoms. The third kappa shape index (κ3) is 4.39. The van der Waals surface area contributed by atoms with Crippen molar-refractivity contribution in [3.05, 3.63) is 54.4 Å². The van der Waals surface area contributed by atoms with E-state index in [1.54, 1.807) is 30.6 Å². The van der Waals surface area contributed by atoms with E-state index in [9.17, 15) is 9.59 Å². The highest BCUT2D eigenvalue weighted by atomic mass is 16.2. The van der Waals surface area contributed by atoms with Crippen molar-refractivity contribution in [1.82, 2.24) is 20.2 Å². The maximum Gasteiger partial charge on any atom is 0.251 e. The lowest BCUT2D eigenvalue weighted by Crippen LogP contribution is -2.43. The monoisotopic (exact) mass is 339 g/mol. The fourth-order valence-electron chi connectivity index (χ4n) is 2.86. The molecule has 1 aromatic carbocycles. The fourth-order valence-corrected chi connectivity index (χ4v) is 2.86. The van der Waals surface area contributed by atoms with Gasteiger partial charge in [-0.25, -0.2) is 9.97 Å². The number of anilines is 1. The number of carbonyl (C=O) groups excluding carboxylic acids is 2. The smallest absolute Gasteiger partial charge is 0.251 e. The number of carbonyl (C=O) groups is 2. The average Bonchev–Trinajstić information content (AvgIpc) is 3.11. The van der Waals surface area contributed by atoms with Crippen molar-refractivity contribution in [2.24, 2.45) is 0 Å². The van der Waals surface area contributed by atoms with Gasteiger partial charge in [-0.2, -0.15) is 0 Å². The highest BCUT2D eigenvalue weighted by molar-refractivity contribution is 5.94. The van der Waals surface area contributed by atoms with Crippen molar-refractivity contribution in [2.75, 3.05) is 18.4 Å². The molecule has 2 unspecified atom stereocenters. The zero-order chi connectivity index (χ0) is 17.6. The topological polar surface area (TPSA) is 87.2 Å². The van der Waals surface area contributed by atoms with Crippen LogP contribution in [0.4, 0.5) is 5.95 Å². The minimum atomic E-state index is -0.317. The SMILES string of the molecule is CC(C(=O)Nc1ncccn1)N1CCC(NC(=O)c2ccccc2)C1. The zero-order valence-corrected chi connectivity index (χ0v) is 14.1. The summed E-state index contributed by atoms with van der Waals surface area (Å²) >= 11 is 0. The molecule has 7 heteroatoms. The Hall–Kier alpha value is -2.80. The second-order valence-corrected chi connectivity index (χ2v) is 6.06. The average molecular weight is 339 g/mol. The molecule has 0 aliphatic carbocycles. The van der Waals surface area contributed by atoms with Crippen LogP contribution in [0.15, 0.2) is 48.8 Å². The van der Waals surface area contributed by atoms with Gasteiger partial charge in [-0.15, -0.1) is 0 Å². The summed E-state index contributed by atoms with van der Waals surface area (Å²) in [5, 5.41) is 5.74. The molecule has 2 aromatic rings. The van der Waals surface area contributed by atoms with Crippen LogP contribution in [0.5, 0.6) is 0 Å². The largest absolute Gasteiger partial charge is 0.348 e. The lowest BCUT2D eigenvalue weighted by atomic mass is 10.2. The molecule has 2 atom stereocenters. The molecule has 2 heterocycles. The second kappa shape index (κ2) is 7.85. The Kier molecular flexibility index (Phi) is 5.35. The third-order valence-electron chi connectivity index (χ3n) is 4.32. The van der Waals surface area contributed by atoms with Gasteiger partial charge in [-0.3, -0.25) is 19.8 Å². The molecule has 2 N–H and O–H groups in total. The molecule has 25 heavy (non-hydrogen) atoms. The third-order valence-corrected chi connectivity index (χ3v) is 4.32. The molecule has 2 amide bonds. The van der Waals surface area contributed by atoms with E-state index in [1.807, 2.05) is 30.0 Å². The van der Waals surface area contributed by atoms with Gasteiger partial charge in [0.05, 0.1) is 6.04 Å². The van der Waals surface area contributed by atoms with Gasteiger partial charge >= 0.3 is 0 Å². The molecule has 1 saturated heterocycles. The van der Waals surface area contributed by atoms with Crippen LogP contribution in [-0.4, -0.2) is 51.9 Å². The van der Waals surface area contributed by atoms with E-state index in [-0.39, 0.29) is 23.9 Å². The highest BCUT2D eigenvalue weighted by Gasteiger charge is 2.30. The van der Waals surface area contributed by atoms with E-state index in [1.165, 1.54) is 0 Å². The summed E-state index contributed by atoms with van der Waals surface area (Å²) in [7, 11) is 0. The van der Waals surface area contributed by atoms with Crippen LogP contribution in [0.3, 0.4) is 0 Å². The van der Waals surface area contributed by atoms with Crippen molar-refractivity contribution in [3.63, 3.8) is 0 Å². The number of amides is 2. The van der Waals surface area contributed by atoms with E-state index < -0.39 is 0 Å². The van der Waals surface area contributed by atoms with Crippen LogP contribution in [0.2, 0.25) is 0 Å². The van der Waals surface area contributed by atoms with Crippen molar-refractivity contribution in [3.8, 4) is 0 Å². The molecule has 1 aromatic heterocycles. The summed E-state index contributed by atoms with van der Waals surface area (Å²) < 4.78 is 0. The molecule has 0 spiro atoms. The van der Waals surface area contributed by atoms with E-state index in [0.29, 0.717) is 18.1 Å². The molecule has 0 radical (unpaired) electrons. The Morgan fingerprint density at radius 1 is 1.16 bits per heavy atom. The number of nitrogens with zero attached hydrogens (tertiary/aromatic N) is 3. The van der Waals surface area contributed by atoms with Crippen molar-refractivity contribution >= 4 is 17.8 Å². The predicted octanol–water partition coefficient (Wildman–Crippen LogP) is 1.31. The van der Waals surface area contributed by atoms with Crippen LogP contribution in [0, 0.1) is 0 Å². The van der Waals surface area contributed by atoms with Gasteiger partial charge in [0.15, 0.2) is 0 Å². The number of likely N-dealkylation sites (tertiary alicyclic amines) is 1. The van der Waals surface area contributed by atoms with E-state index >= 15 is 0 Å². The molecular weight excluding hydrogens is 318 g/mol. The fraction of sp³-hybridized carbons (Fsp3) is 0.333. The van der Waals surface area contributed by atoms with E-state index in [4.69, 9.17) is 0 Å². The first-order chi connectivity index (χ1) is 12.1. The van der Waals surface area contributed by atoms with Gasteiger partial charge in [-0.1, -0.05) is 18.2 Å². The van der Waals surface area contributed by atoms with Gasteiger partial charge in [-0.05, 0) is 31.5 Å². The lowest BCUT2D eigenvalue weighted by Gasteiger charge is -2.23. The highest BCUT2D eigenvalue weighted by Crippen LogP contribution is 2.14. The molecular formula is C18H21N5O2. The summed E-state index contributed by atoms with van der Waals surface area (Å²) in [4.78, 5) is 34.6. The van der Waals surface area contributed by atoms with Crippen LogP contribution in [-0.2, 0) is 4.79 Å². The van der Waals surface area contributed by atoms with Crippen molar-refractivity contribution in [2.45, 2.75) is 25.4 Å². The van der Waals surface area contributed by atoms with E-state index in [0.717, 1.165) is 13.0 Å². The lowest BCUT2D eigenvalue weighted by molar-refractivity contribution is -0.120. The molecule has 0 saturated carbocycles. The van der Waals surface area contributed by atoms with Gasteiger partial charge in [0.25, 0.3) is 5.91 Å². The summed E-state index contributed by atoms with van der Waals surface area (Å²) in [5.74, 6) is 0.0657. The standard InChI is InChI=1S/C18H21N5O2/c1-13(16(24)22-18-19-9-5-10-20-18)23-11-8-15(12-23)21-17(25)14-6-3-2-4-7-14/h2-7,9-10,13,15H,8,11-12H2,1H3,(H,21,25)(H,19,20,22,24). The van der Waals surface area contributed by atoms with Gasteiger partial charge in [0.1, 0.15) is 0 Å². The number of nitrogens with one attached hydrogen (secondary N) is 2. The van der Waals surface area contributed by atoms with Crippen LogP contribution in [0.25, 0.3) is 0 Å². The Bertz CT molecular complexity index is 723. The van der Waals surface area contributed by atoms with Gasteiger partial charge in [0, 0.05) is 37.1 Å². The van der Waals surface area contributed by atoms with Crippen molar-refractivity contribution < 1.29 is 9.59 Å². The maximum atomic E-state index is 12.3. The molecule has 1 aliphatic heterocycles. The maximum absolute atomic E-state index is 12.3. The summed E-state index contributed by atoms with van der Waals surface area (Å²) in [5.41, 5.74) is 0.646. The minimum Gasteiger partial charge on any atom is -0.348 e. The zero-order valence-electron chi connectivity index (χ0n) is 14.1. The first-order valence-electron chi connectivity index (χ1n) is 8.31. The van der Waals surface area contributed by atoms with Crippen LogP contribution < -0.4 is 10.6 Å². The normalized spacial score (nSPS) is 18.5. The molecule has 7 nitrogen and oxygen atoms in total. The Morgan fingerprint density at radius 2 is 1.88 bits per heavy atom. The number of hydrogen-bond donors (Lipinski definition) is 2. The number of hydrogen-bond acceptors (Lipinski definition) is 5. The predicted molar refractivity (Wildman–Crippen MR) is 94.0 cm³/mol.